The zero-order valence-electron chi connectivity index (χ0n) is 18.2. The number of aldehydes is 1. The molecule has 33 heavy (non-hydrogen) atoms. The number of rotatable bonds is 8. The van der Waals surface area contributed by atoms with Crippen LogP contribution in [0.2, 0.25) is 0 Å². The van der Waals surface area contributed by atoms with Gasteiger partial charge in [-0.3, -0.25) is 14.4 Å². The number of amides is 3. The van der Waals surface area contributed by atoms with Gasteiger partial charge in [-0.2, -0.15) is 0 Å². The van der Waals surface area contributed by atoms with Crippen molar-refractivity contribution in [3.63, 3.8) is 0 Å². The fourth-order valence-electron chi connectivity index (χ4n) is 4.14. The van der Waals surface area contributed by atoms with Crippen LogP contribution in [0.4, 0.5) is 5.69 Å². The molecular weight excluding hydrogens is 422 g/mol. The lowest BCUT2D eigenvalue weighted by Crippen LogP contribution is -2.48. The number of fused-ring (bicyclic) bond motifs is 1. The van der Waals surface area contributed by atoms with Crippen LogP contribution in [-0.4, -0.2) is 43.1 Å². The van der Waals surface area contributed by atoms with Crippen LogP contribution in [0.5, 0.6) is 0 Å². The Morgan fingerprint density at radius 3 is 2.67 bits per heavy atom. The van der Waals surface area contributed by atoms with Crippen molar-refractivity contribution in [3.05, 3.63) is 65.9 Å². The maximum atomic E-state index is 13.3. The van der Waals surface area contributed by atoms with Gasteiger partial charge in [0.15, 0.2) is 5.76 Å². The molecule has 0 spiro atoms. The summed E-state index contributed by atoms with van der Waals surface area (Å²) in [6.07, 6.45) is 1.52. The molecule has 2 atom stereocenters. The van der Waals surface area contributed by atoms with Gasteiger partial charge in [0.05, 0.1) is 12.6 Å². The molecule has 0 unspecified atom stereocenters. The predicted molar refractivity (Wildman–Crippen MR) is 123 cm³/mol. The highest BCUT2D eigenvalue weighted by molar-refractivity contribution is 6.03. The third kappa shape index (κ3) is 4.79. The summed E-state index contributed by atoms with van der Waals surface area (Å²) in [5.74, 6) is -1.34. The van der Waals surface area contributed by atoms with E-state index in [-0.39, 0.29) is 30.6 Å². The molecule has 170 valence electrons. The van der Waals surface area contributed by atoms with E-state index < -0.39 is 17.9 Å². The number of carbonyl (C=O) groups is 4. The Bertz CT molecular complexity index is 1170. The van der Waals surface area contributed by atoms with Crippen LogP contribution in [0.1, 0.15) is 29.0 Å². The maximum absolute atomic E-state index is 13.3. The molecule has 4 rings (SSSR count). The van der Waals surface area contributed by atoms with Crippen molar-refractivity contribution in [2.45, 2.75) is 25.8 Å². The number of hydrogen-bond donors (Lipinski definition) is 2. The SMILES string of the molecule is Cc1ccccc1N(C(=O)CNC(=O)c1cc2ccccc2o1)[C@H](C=O)C[C@@H]1CCNC1=O. The number of furan rings is 1. The second-order valence-electron chi connectivity index (χ2n) is 8.10. The van der Waals surface area contributed by atoms with Crippen molar-refractivity contribution in [1.82, 2.24) is 10.6 Å². The summed E-state index contributed by atoms with van der Waals surface area (Å²) >= 11 is 0. The molecule has 0 bridgehead atoms. The van der Waals surface area contributed by atoms with Gasteiger partial charge in [-0.05, 0) is 43.5 Å². The zero-order valence-corrected chi connectivity index (χ0v) is 18.2. The van der Waals surface area contributed by atoms with Gasteiger partial charge in [0.25, 0.3) is 5.91 Å². The number of para-hydroxylation sites is 2. The van der Waals surface area contributed by atoms with E-state index in [1.165, 1.54) is 4.90 Å². The lowest BCUT2D eigenvalue weighted by molar-refractivity contribution is -0.124. The van der Waals surface area contributed by atoms with E-state index >= 15 is 0 Å². The van der Waals surface area contributed by atoms with E-state index in [4.69, 9.17) is 4.42 Å². The highest BCUT2D eigenvalue weighted by Crippen LogP contribution is 2.26. The fourth-order valence-corrected chi connectivity index (χ4v) is 4.14. The van der Waals surface area contributed by atoms with E-state index in [0.717, 1.165) is 10.9 Å². The topological polar surface area (TPSA) is 109 Å². The molecule has 1 saturated heterocycles. The summed E-state index contributed by atoms with van der Waals surface area (Å²) < 4.78 is 5.56. The lowest BCUT2D eigenvalue weighted by atomic mass is 9.97. The Morgan fingerprint density at radius 2 is 1.97 bits per heavy atom. The molecule has 2 heterocycles. The summed E-state index contributed by atoms with van der Waals surface area (Å²) in [5.41, 5.74) is 1.94. The number of nitrogens with zero attached hydrogens (tertiary/aromatic N) is 1. The summed E-state index contributed by atoms with van der Waals surface area (Å²) in [6.45, 7) is 2.07. The smallest absolute Gasteiger partial charge is 0.287 e. The first-order valence-corrected chi connectivity index (χ1v) is 10.9. The molecule has 3 aromatic rings. The number of anilines is 1. The zero-order chi connectivity index (χ0) is 23.4. The second kappa shape index (κ2) is 9.68. The van der Waals surface area contributed by atoms with Gasteiger partial charge in [0.2, 0.25) is 11.8 Å². The Hall–Kier alpha value is -3.94. The Kier molecular flexibility index (Phi) is 6.53. The molecule has 8 nitrogen and oxygen atoms in total. The monoisotopic (exact) mass is 447 g/mol. The molecule has 1 fully saturated rings. The number of benzene rings is 2. The number of hydrogen-bond acceptors (Lipinski definition) is 5. The van der Waals surface area contributed by atoms with E-state index in [1.54, 1.807) is 30.3 Å². The van der Waals surface area contributed by atoms with Gasteiger partial charge in [-0.15, -0.1) is 0 Å². The van der Waals surface area contributed by atoms with Crippen LogP contribution in [0.15, 0.2) is 59.0 Å². The summed E-state index contributed by atoms with van der Waals surface area (Å²) in [4.78, 5) is 51.4. The van der Waals surface area contributed by atoms with Crippen LogP contribution >= 0.6 is 0 Å². The first-order chi connectivity index (χ1) is 16.0. The van der Waals surface area contributed by atoms with Gasteiger partial charge in [0, 0.05) is 23.5 Å². The van der Waals surface area contributed by atoms with Crippen LogP contribution < -0.4 is 15.5 Å². The van der Waals surface area contributed by atoms with E-state index in [9.17, 15) is 19.2 Å². The molecule has 0 saturated carbocycles. The van der Waals surface area contributed by atoms with E-state index in [2.05, 4.69) is 10.6 Å². The molecule has 1 aliphatic heterocycles. The Labute approximate surface area is 190 Å². The largest absolute Gasteiger partial charge is 0.451 e. The molecule has 8 heteroatoms. The molecule has 0 radical (unpaired) electrons. The Morgan fingerprint density at radius 1 is 1.21 bits per heavy atom. The highest BCUT2D eigenvalue weighted by Gasteiger charge is 2.33. The van der Waals surface area contributed by atoms with Crippen molar-refractivity contribution < 1.29 is 23.6 Å². The predicted octanol–water partition coefficient (Wildman–Crippen LogP) is 2.60. The van der Waals surface area contributed by atoms with Crippen molar-refractivity contribution in [2.75, 3.05) is 18.0 Å². The minimum Gasteiger partial charge on any atom is -0.451 e. The van der Waals surface area contributed by atoms with Crippen LogP contribution in [0, 0.1) is 12.8 Å². The third-order valence-electron chi connectivity index (χ3n) is 5.87. The van der Waals surface area contributed by atoms with Gasteiger partial charge in [0.1, 0.15) is 11.9 Å². The van der Waals surface area contributed by atoms with E-state index in [0.29, 0.717) is 30.5 Å². The molecular formula is C25H25N3O5. The first kappa shape index (κ1) is 22.3. The van der Waals surface area contributed by atoms with E-state index in [1.807, 2.05) is 31.2 Å². The average Bonchev–Trinajstić information content (AvgIpc) is 3.44. The molecule has 2 N–H and O–H groups in total. The van der Waals surface area contributed by atoms with Crippen LogP contribution in [0.3, 0.4) is 0 Å². The summed E-state index contributed by atoms with van der Waals surface area (Å²) in [5, 5.41) is 6.14. The minimum absolute atomic E-state index is 0.0982. The molecule has 1 aliphatic rings. The number of nitrogens with one attached hydrogen (secondary N) is 2. The van der Waals surface area contributed by atoms with Gasteiger partial charge < -0.3 is 24.7 Å². The minimum atomic E-state index is -0.837. The quantitative estimate of drug-likeness (QED) is 0.516. The second-order valence-corrected chi connectivity index (χ2v) is 8.10. The van der Waals surface area contributed by atoms with Gasteiger partial charge >= 0.3 is 0 Å². The summed E-state index contributed by atoms with van der Waals surface area (Å²) in [7, 11) is 0. The van der Waals surface area contributed by atoms with Gasteiger partial charge in [-0.25, -0.2) is 0 Å². The normalized spacial score (nSPS) is 16.3. The van der Waals surface area contributed by atoms with Crippen LogP contribution in [0.25, 0.3) is 11.0 Å². The third-order valence-corrected chi connectivity index (χ3v) is 5.87. The van der Waals surface area contributed by atoms with Crippen LogP contribution in [-0.2, 0) is 14.4 Å². The van der Waals surface area contributed by atoms with Crippen molar-refractivity contribution in [3.8, 4) is 0 Å². The fraction of sp³-hybridized carbons (Fsp3) is 0.280. The van der Waals surface area contributed by atoms with Crippen molar-refractivity contribution >= 4 is 40.7 Å². The molecule has 3 amide bonds. The lowest BCUT2D eigenvalue weighted by Gasteiger charge is -2.31. The number of aryl methyl sites for hydroxylation is 1. The highest BCUT2D eigenvalue weighted by atomic mass is 16.3. The van der Waals surface area contributed by atoms with Gasteiger partial charge in [-0.1, -0.05) is 36.4 Å². The standard InChI is InChI=1S/C25H25N3O5/c1-16-6-2-4-8-20(16)28(19(15-29)12-18-10-11-26-24(18)31)23(30)14-27-25(32)22-13-17-7-3-5-9-21(17)33-22/h2-9,13,15,18-19H,10-12,14H2,1H3,(H,26,31)(H,27,32)/t18-,19-/m0/s1. The van der Waals surface area contributed by atoms with Crippen molar-refractivity contribution in [2.24, 2.45) is 5.92 Å². The average molecular weight is 447 g/mol. The first-order valence-electron chi connectivity index (χ1n) is 10.9. The summed E-state index contributed by atoms with van der Waals surface area (Å²) in [6, 6.07) is 15.2. The number of carbonyl (C=O) groups excluding carboxylic acids is 4. The maximum Gasteiger partial charge on any atom is 0.287 e. The molecule has 2 aromatic carbocycles. The van der Waals surface area contributed by atoms with Crippen molar-refractivity contribution in [1.29, 1.82) is 0 Å². The molecule has 0 aliphatic carbocycles. The Balaban J connectivity index is 1.53. The molecule has 1 aromatic heterocycles.